The second kappa shape index (κ2) is 6.72. The average Bonchev–Trinajstić information content (AvgIpc) is 2.25. The zero-order chi connectivity index (χ0) is 12.8. The molecule has 1 unspecified atom stereocenters. The van der Waals surface area contributed by atoms with Crippen LogP contribution < -0.4 is 5.32 Å². The minimum absolute atomic E-state index is 0.570. The lowest BCUT2D eigenvalue weighted by molar-refractivity contribution is 0.224. The van der Waals surface area contributed by atoms with E-state index in [0.29, 0.717) is 12.0 Å². The van der Waals surface area contributed by atoms with Gasteiger partial charge in [0.15, 0.2) is 0 Å². The van der Waals surface area contributed by atoms with Crippen LogP contribution in [0.25, 0.3) is 0 Å². The zero-order valence-electron chi connectivity index (χ0n) is 11.7. The molecule has 3 heteroatoms. The van der Waals surface area contributed by atoms with Crippen molar-refractivity contribution in [1.29, 1.82) is 0 Å². The first-order valence-corrected chi connectivity index (χ1v) is 6.29. The van der Waals surface area contributed by atoms with Crippen LogP contribution in [0.2, 0.25) is 0 Å². The van der Waals surface area contributed by atoms with Gasteiger partial charge in [0.25, 0.3) is 0 Å². The van der Waals surface area contributed by atoms with Gasteiger partial charge in [-0.1, -0.05) is 19.9 Å². The highest BCUT2D eigenvalue weighted by atomic mass is 15.1. The predicted molar refractivity (Wildman–Crippen MR) is 73.0 cm³/mol. The molecule has 0 aromatic carbocycles. The first-order chi connectivity index (χ1) is 8.00. The van der Waals surface area contributed by atoms with Crippen LogP contribution in [-0.2, 0) is 6.54 Å². The number of hydrogen-bond donors (Lipinski definition) is 1. The molecule has 0 aliphatic rings. The second-order valence-corrected chi connectivity index (χ2v) is 5.23. The molecule has 0 fully saturated rings. The lowest BCUT2D eigenvalue weighted by atomic mass is 10.0. The van der Waals surface area contributed by atoms with Gasteiger partial charge in [-0.2, -0.15) is 0 Å². The minimum Gasteiger partial charge on any atom is -0.310 e. The summed E-state index contributed by atoms with van der Waals surface area (Å²) in [5.74, 6) is 0.656. The summed E-state index contributed by atoms with van der Waals surface area (Å²) in [6.07, 6.45) is 1.92. The summed E-state index contributed by atoms with van der Waals surface area (Å²) in [4.78, 5) is 6.67. The monoisotopic (exact) mass is 235 g/mol. The molecular formula is C14H25N3. The van der Waals surface area contributed by atoms with E-state index in [-0.39, 0.29) is 0 Å². The molecule has 0 aliphatic carbocycles. The number of likely N-dealkylation sites (N-methyl/N-ethyl adjacent to an activating group) is 1. The molecule has 1 aromatic rings. The highest BCUT2D eigenvalue weighted by molar-refractivity contribution is 5.11. The Labute approximate surface area is 105 Å². The van der Waals surface area contributed by atoms with Gasteiger partial charge in [-0.25, -0.2) is 0 Å². The van der Waals surface area contributed by atoms with E-state index < -0.39 is 0 Å². The Balaban J connectivity index is 2.38. The zero-order valence-corrected chi connectivity index (χ0v) is 11.7. The summed E-state index contributed by atoms with van der Waals surface area (Å²) in [7, 11) is 4.27. The third kappa shape index (κ3) is 4.84. The Hall–Kier alpha value is -0.930. The summed E-state index contributed by atoms with van der Waals surface area (Å²) >= 11 is 0. The van der Waals surface area contributed by atoms with E-state index in [2.05, 4.69) is 62.2 Å². The lowest BCUT2D eigenvalue weighted by Crippen LogP contribution is -2.41. The van der Waals surface area contributed by atoms with Crippen molar-refractivity contribution in [3.63, 3.8) is 0 Å². The van der Waals surface area contributed by atoms with Crippen molar-refractivity contribution in [2.24, 2.45) is 5.92 Å². The third-order valence-electron chi connectivity index (χ3n) is 3.07. The van der Waals surface area contributed by atoms with Crippen LogP contribution in [0.4, 0.5) is 0 Å². The lowest BCUT2D eigenvalue weighted by Gasteiger charge is -2.28. The molecule has 1 rings (SSSR count). The number of pyridine rings is 1. The van der Waals surface area contributed by atoms with Crippen LogP contribution in [0.3, 0.4) is 0 Å². The molecular weight excluding hydrogens is 210 g/mol. The Bertz CT molecular complexity index is 309. The summed E-state index contributed by atoms with van der Waals surface area (Å²) in [6.45, 7) is 8.43. The topological polar surface area (TPSA) is 28.2 Å². The second-order valence-electron chi connectivity index (χ2n) is 5.23. The SMILES string of the molecule is Cc1ccc(CNCC(C(C)C)N(C)C)nc1. The molecule has 1 aromatic heterocycles. The first-order valence-electron chi connectivity index (χ1n) is 6.29. The van der Waals surface area contributed by atoms with Crippen LogP contribution in [0.5, 0.6) is 0 Å². The maximum Gasteiger partial charge on any atom is 0.0541 e. The van der Waals surface area contributed by atoms with E-state index >= 15 is 0 Å². The van der Waals surface area contributed by atoms with Crippen molar-refractivity contribution in [1.82, 2.24) is 15.2 Å². The highest BCUT2D eigenvalue weighted by Gasteiger charge is 2.14. The summed E-state index contributed by atoms with van der Waals surface area (Å²) in [5.41, 5.74) is 2.32. The molecule has 1 N–H and O–H groups in total. The van der Waals surface area contributed by atoms with Gasteiger partial charge in [0, 0.05) is 25.3 Å². The smallest absolute Gasteiger partial charge is 0.0541 e. The fraction of sp³-hybridized carbons (Fsp3) is 0.643. The molecule has 96 valence electrons. The van der Waals surface area contributed by atoms with Gasteiger partial charge >= 0.3 is 0 Å². The van der Waals surface area contributed by atoms with Crippen molar-refractivity contribution in [2.45, 2.75) is 33.4 Å². The van der Waals surface area contributed by atoms with Crippen LogP contribution in [-0.4, -0.2) is 36.6 Å². The van der Waals surface area contributed by atoms with Crippen LogP contribution in [0.15, 0.2) is 18.3 Å². The van der Waals surface area contributed by atoms with Gasteiger partial charge < -0.3 is 10.2 Å². The summed E-state index contributed by atoms with van der Waals surface area (Å²) < 4.78 is 0. The highest BCUT2D eigenvalue weighted by Crippen LogP contribution is 2.06. The Kier molecular flexibility index (Phi) is 5.59. The van der Waals surface area contributed by atoms with Gasteiger partial charge in [-0.3, -0.25) is 4.98 Å². The first kappa shape index (κ1) is 14.1. The minimum atomic E-state index is 0.570. The van der Waals surface area contributed by atoms with Crippen molar-refractivity contribution in [3.05, 3.63) is 29.6 Å². The van der Waals surface area contributed by atoms with Gasteiger partial charge in [0.1, 0.15) is 0 Å². The molecule has 0 aliphatic heterocycles. The largest absolute Gasteiger partial charge is 0.310 e. The van der Waals surface area contributed by atoms with E-state index in [4.69, 9.17) is 0 Å². The third-order valence-corrected chi connectivity index (χ3v) is 3.07. The number of rotatable bonds is 6. The van der Waals surface area contributed by atoms with Crippen molar-refractivity contribution in [3.8, 4) is 0 Å². The van der Waals surface area contributed by atoms with Crippen molar-refractivity contribution < 1.29 is 0 Å². The summed E-state index contributed by atoms with van der Waals surface area (Å²) in [6, 6.07) is 4.76. The number of aromatic nitrogens is 1. The molecule has 0 saturated heterocycles. The Morgan fingerprint density at radius 1 is 1.29 bits per heavy atom. The maximum absolute atomic E-state index is 4.39. The number of aryl methyl sites for hydroxylation is 1. The molecule has 0 amide bonds. The van der Waals surface area contributed by atoms with E-state index in [1.807, 2.05) is 6.20 Å². The Morgan fingerprint density at radius 2 is 2.00 bits per heavy atom. The van der Waals surface area contributed by atoms with Crippen LogP contribution >= 0.6 is 0 Å². The molecule has 1 heterocycles. The van der Waals surface area contributed by atoms with Crippen LogP contribution in [0.1, 0.15) is 25.1 Å². The molecule has 0 spiro atoms. The van der Waals surface area contributed by atoms with Crippen LogP contribution in [0, 0.1) is 12.8 Å². The predicted octanol–water partition coefficient (Wildman–Crippen LogP) is 2.07. The summed E-state index contributed by atoms with van der Waals surface area (Å²) in [5, 5.41) is 3.48. The maximum atomic E-state index is 4.39. The van der Waals surface area contributed by atoms with Gasteiger partial charge in [0.2, 0.25) is 0 Å². The van der Waals surface area contributed by atoms with Crippen molar-refractivity contribution >= 4 is 0 Å². The Morgan fingerprint density at radius 3 is 2.47 bits per heavy atom. The van der Waals surface area contributed by atoms with Gasteiger partial charge in [-0.05, 0) is 38.6 Å². The van der Waals surface area contributed by atoms with Gasteiger partial charge in [0.05, 0.1) is 5.69 Å². The number of hydrogen-bond acceptors (Lipinski definition) is 3. The molecule has 0 saturated carbocycles. The number of nitrogens with zero attached hydrogens (tertiary/aromatic N) is 2. The standard InChI is InChI=1S/C14H25N3/c1-11(2)14(17(4)5)10-15-9-13-7-6-12(3)8-16-13/h6-8,11,14-15H,9-10H2,1-5H3. The average molecular weight is 235 g/mol. The molecule has 0 radical (unpaired) electrons. The molecule has 1 atom stereocenters. The number of nitrogens with one attached hydrogen (secondary N) is 1. The van der Waals surface area contributed by atoms with E-state index in [1.54, 1.807) is 0 Å². The molecule has 0 bridgehead atoms. The quantitative estimate of drug-likeness (QED) is 0.818. The fourth-order valence-electron chi connectivity index (χ4n) is 1.97. The van der Waals surface area contributed by atoms with E-state index in [0.717, 1.165) is 18.8 Å². The molecule has 3 nitrogen and oxygen atoms in total. The fourth-order valence-corrected chi connectivity index (χ4v) is 1.97. The van der Waals surface area contributed by atoms with Gasteiger partial charge in [-0.15, -0.1) is 0 Å². The normalized spacial score (nSPS) is 13.4. The van der Waals surface area contributed by atoms with E-state index in [9.17, 15) is 0 Å². The van der Waals surface area contributed by atoms with Crippen molar-refractivity contribution in [2.75, 3.05) is 20.6 Å². The van der Waals surface area contributed by atoms with E-state index in [1.165, 1.54) is 5.56 Å². The molecule has 17 heavy (non-hydrogen) atoms.